The summed E-state index contributed by atoms with van der Waals surface area (Å²) in [7, 11) is 0. The van der Waals surface area contributed by atoms with E-state index in [4.69, 9.17) is 27.9 Å². The van der Waals surface area contributed by atoms with Crippen LogP contribution in [-0.4, -0.2) is 71.0 Å². The third-order valence-electron chi connectivity index (χ3n) is 7.18. The van der Waals surface area contributed by atoms with Gasteiger partial charge >= 0.3 is 0 Å². The van der Waals surface area contributed by atoms with Crippen LogP contribution < -0.4 is 5.32 Å². The summed E-state index contributed by atoms with van der Waals surface area (Å²) in [6.45, 7) is 5.26. The number of nitrogens with one attached hydrogen (secondary N) is 1. The predicted octanol–water partition coefficient (Wildman–Crippen LogP) is 3.30. The second-order valence-electron chi connectivity index (χ2n) is 9.13. The van der Waals surface area contributed by atoms with Gasteiger partial charge in [-0.05, 0) is 29.8 Å². The van der Waals surface area contributed by atoms with Crippen LogP contribution in [0.5, 0.6) is 0 Å². The zero-order valence-corrected chi connectivity index (χ0v) is 20.6. The Morgan fingerprint density at radius 1 is 1.09 bits per heavy atom. The molecular formula is C26H26Cl2N4O3. The third-order valence-corrected chi connectivity index (χ3v) is 7.78. The Hall–Kier alpha value is -2.55. The van der Waals surface area contributed by atoms with Crippen LogP contribution in [-0.2, 0) is 22.6 Å². The zero-order valence-electron chi connectivity index (χ0n) is 19.1. The molecule has 3 aliphatic rings. The van der Waals surface area contributed by atoms with E-state index < -0.39 is 6.23 Å². The molecular weight excluding hydrogens is 487 g/mol. The van der Waals surface area contributed by atoms with Gasteiger partial charge in [-0.25, -0.2) is 0 Å². The summed E-state index contributed by atoms with van der Waals surface area (Å²) in [6, 6.07) is 13.6. The van der Waals surface area contributed by atoms with E-state index in [9.17, 15) is 9.90 Å². The first-order valence-electron chi connectivity index (χ1n) is 11.8. The highest BCUT2D eigenvalue weighted by Gasteiger charge is 2.43. The molecule has 1 atom stereocenters. The molecule has 4 heterocycles. The smallest absolute Gasteiger partial charge is 0.272 e. The van der Waals surface area contributed by atoms with Crippen LogP contribution in [0, 0.1) is 0 Å². The topological polar surface area (TPSA) is 70.0 Å². The van der Waals surface area contributed by atoms with Crippen LogP contribution >= 0.6 is 23.2 Å². The third kappa shape index (κ3) is 3.92. The van der Waals surface area contributed by atoms with E-state index in [1.54, 1.807) is 11.0 Å². The van der Waals surface area contributed by atoms with Crippen molar-refractivity contribution in [2.75, 3.05) is 39.4 Å². The molecule has 1 fully saturated rings. The van der Waals surface area contributed by atoms with Crippen molar-refractivity contribution in [3.8, 4) is 0 Å². The number of ether oxygens (including phenoxy) is 1. The van der Waals surface area contributed by atoms with Crippen LogP contribution in [0.15, 0.2) is 48.2 Å². The zero-order chi connectivity index (χ0) is 24.1. The average molecular weight is 513 g/mol. The summed E-state index contributed by atoms with van der Waals surface area (Å²) in [6.07, 6.45) is -1.00. The van der Waals surface area contributed by atoms with Gasteiger partial charge in [0.25, 0.3) is 5.91 Å². The largest absolute Gasteiger partial charge is 0.379 e. The average Bonchev–Trinajstić information content (AvgIpc) is 3.32. The van der Waals surface area contributed by atoms with E-state index in [0.29, 0.717) is 60.7 Å². The van der Waals surface area contributed by atoms with E-state index in [1.807, 2.05) is 30.3 Å². The van der Waals surface area contributed by atoms with Crippen molar-refractivity contribution in [1.82, 2.24) is 19.7 Å². The lowest BCUT2D eigenvalue weighted by atomic mass is 9.97. The number of carbonyl (C=O) groups excluding carboxylic acids is 1. The number of hydrogen-bond acceptors (Lipinski definition) is 5. The van der Waals surface area contributed by atoms with E-state index in [1.165, 1.54) is 0 Å². The Morgan fingerprint density at radius 3 is 2.71 bits per heavy atom. The predicted molar refractivity (Wildman–Crippen MR) is 136 cm³/mol. The molecule has 0 saturated carbocycles. The molecule has 3 aliphatic heterocycles. The van der Waals surface area contributed by atoms with Crippen LogP contribution in [0.3, 0.4) is 0 Å². The number of halogens is 2. The van der Waals surface area contributed by atoms with Crippen molar-refractivity contribution < 1.29 is 14.6 Å². The molecule has 2 aromatic carbocycles. The molecule has 1 saturated heterocycles. The van der Waals surface area contributed by atoms with Crippen molar-refractivity contribution in [2.45, 2.75) is 19.3 Å². The SMILES string of the molecule is O=C1C2=C(c3c(n(Cc4cc(Cl)ccc4Cl)c4ccccc34)CN2)C(O)N1CCN1CCOCC1. The first-order valence-corrected chi connectivity index (χ1v) is 12.6. The van der Waals surface area contributed by atoms with Gasteiger partial charge in [-0.1, -0.05) is 41.4 Å². The van der Waals surface area contributed by atoms with Crippen molar-refractivity contribution in [1.29, 1.82) is 0 Å². The first-order chi connectivity index (χ1) is 17.0. The summed E-state index contributed by atoms with van der Waals surface area (Å²) in [5.41, 5.74) is 5.04. The number of nitrogens with zero attached hydrogens (tertiary/aromatic N) is 3. The van der Waals surface area contributed by atoms with Crippen LogP contribution in [0.4, 0.5) is 0 Å². The van der Waals surface area contributed by atoms with Gasteiger partial charge in [0.1, 0.15) is 5.70 Å². The van der Waals surface area contributed by atoms with E-state index in [-0.39, 0.29) is 5.91 Å². The number of carbonyl (C=O) groups is 1. The molecule has 9 heteroatoms. The molecule has 0 radical (unpaired) electrons. The van der Waals surface area contributed by atoms with Gasteiger partial charge in [0.15, 0.2) is 6.23 Å². The first kappa shape index (κ1) is 22.9. The molecule has 182 valence electrons. The summed E-state index contributed by atoms with van der Waals surface area (Å²) in [5, 5.41) is 17.0. The molecule has 1 unspecified atom stereocenters. The number of para-hydroxylation sites is 1. The maximum Gasteiger partial charge on any atom is 0.272 e. The number of benzene rings is 2. The highest BCUT2D eigenvalue weighted by atomic mass is 35.5. The van der Waals surface area contributed by atoms with Crippen molar-refractivity contribution in [2.24, 2.45) is 0 Å². The fourth-order valence-electron chi connectivity index (χ4n) is 5.41. The number of amides is 1. The van der Waals surface area contributed by atoms with E-state index in [2.05, 4.69) is 20.9 Å². The van der Waals surface area contributed by atoms with E-state index >= 15 is 0 Å². The second-order valence-corrected chi connectivity index (χ2v) is 9.97. The number of aliphatic hydroxyl groups excluding tert-OH is 1. The summed E-state index contributed by atoms with van der Waals surface area (Å²) in [5.74, 6) is -0.152. The van der Waals surface area contributed by atoms with Gasteiger partial charge in [0, 0.05) is 70.5 Å². The molecule has 0 bridgehead atoms. The fourth-order valence-corrected chi connectivity index (χ4v) is 5.78. The lowest BCUT2D eigenvalue weighted by Crippen LogP contribution is -2.44. The Morgan fingerprint density at radius 2 is 1.89 bits per heavy atom. The van der Waals surface area contributed by atoms with Gasteiger partial charge in [-0.2, -0.15) is 0 Å². The Labute approximate surface area is 213 Å². The Kier molecular flexibility index (Phi) is 5.98. The molecule has 1 aromatic heterocycles. The standard InChI is InChI=1S/C26H26Cl2N4O3/c27-17-5-6-19(28)16(13-17)15-32-20-4-2-1-3-18(20)22-21(32)14-29-24-23(22)25(33)31(26(24)34)8-7-30-9-11-35-12-10-30/h1-6,13,25,29,33H,7-12,14-15H2. The second kappa shape index (κ2) is 9.15. The van der Waals surface area contributed by atoms with E-state index in [0.717, 1.165) is 40.8 Å². The maximum atomic E-state index is 13.3. The maximum absolute atomic E-state index is 13.3. The minimum absolute atomic E-state index is 0.152. The minimum Gasteiger partial charge on any atom is -0.379 e. The number of fused-ring (bicyclic) bond motifs is 4. The Balaban J connectivity index is 1.37. The van der Waals surface area contributed by atoms with Crippen LogP contribution in [0.2, 0.25) is 10.0 Å². The molecule has 6 rings (SSSR count). The summed E-state index contributed by atoms with van der Waals surface area (Å²) < 4.78 is 7.62. The van der Waals surface area contributed by atoms with Crippen molar-refractivity contribution in [3.63, 3.8) is 0 Å². The van der Waals surface area contributed by atoms with Crippen LogP contribution in [0.25, 0.3) is 16.5 Å². The molecule has 1 amide bonds. The van der Waals surface area contributed by atoms with Gasteiger partial charge in [-0.3, -0.25) is 9.69 Å². The molecule has 35 heavy (non-hydrogen) atoms. The molecule has 3 aromatic rings. The Bertz CT molecular complexity index is 1350. The minimum atomic E-state index is -1.00. The van der Waals surface area contributed by atoms with Crippen LogP contribution in [0.1, 0.15) is 16.8 Å². The summed E-state index contributed by atoms with van der Waals surface area (Å²) in [4.78, 5) is 17.1. The monoisotopic (exact) mass is 512 g/mol. The summed E-state index contributed by atoms with van der Waals surface area (Å²) >= 11 is 12.8. The van der Waals surface area contributed by atoms with Crippen molar-refractivity contribution in [3.05, 3.63) is 75.0 Å². The highest BCUT2D eigenvalue weighted by Crippen LogP contribution is 2.42. The van der Waals surface area contributed by atoms with Gasteiger partial charge in [-0.15, -0.1) is 0 Å². The van der Waals surface area contributed by atoms with Crippen molar-refractivity contribution >= 4 is 45.6 Å². The number of aromatic nitrogens is 1. The number of rotatable bonds is 5. The number of hydrogen-bond donors (Lipinski definition) is 2. The van der Waals surface area contributed by atoms with Gasteiger partial charge < -0.3 is 24.6 Å². The lowest BCUT2D eigenvalue weighted by molar-refractivity contribution is -0.132. The number of aliphatic hydroxyl groups is 1. The fraction of sp³-hybridized carbons (Fsp3) is 0.346. The van der Waals surface area contributed by atoms with Gasteiger partial charge in [0.05, 0.1) is 19.8 Å². The normalized spacial score (nSPS) is 20.4. The highest BCUT2D eigenvalue weighted by molar-refractivity contribution is 6.33. The molecule has 0 aliphatic carbocycles. The molecule has 0 spiro atoms. The lowest BCUT2D eigenvalue weighted by Gasteiger charge is -2.30. The molecule has 7 nitrogen and oxygen atoms in total. The number of morpholine rings is 1. The quantitative estimate of drug-likeness (QED) is 0.548. The molecule has 2 N–H and O–H groups in total. The van der Waals surface area contributed by atoms with Gasteiger partial charge in [0.2, 0.25) is 0 Å².